The molecule has 3 aromatic rings. The van der Waals surface area contributed by atoms with Crippen molar-refractivity contribution in [3.8, 4) is 17.2 Å². The lowest BCUT2D eigenvalue weighted by Crippen LogP contribution is -2.29. The van der Waals surface area contributed by atoms with Crippen LogP contribution in [0.1, 0.15) is 35.8 Å². The van der Waals surface area contributed by atoms with Crippen LogP contribution in [0, 0.1) is 6.92 Å². The zero-order valence-corrected chi connectivity index (χ0v) is 19.6. The van der Waals surface area contributed by atoms with Crippen LogP contribution < -0.4 is 20.4 Å². The minimum atomic E-state index is -0.755. The van der Waals surface area contributed by atoms with E-state index in [9.17, 15) is 19.8 Å². The summed E-state index contributed by atoms with van der Waals surface area (Å²) in [7, 11) is 3.41. The fourth-order valence-electron chi connectivity index (χ4n) is 3.75. The number of ether oxygens (including phenoxy) is 1. The summed E-state index contributed by atoms with van der Waals surface area (Å²) in [5, 5.41) is 23.3. The first-order chi connectivity index (χ1) is 16.3. The zero-order chi connectivity index (χ0) is 24.7. The van der Waals surface area contributed by atoms with Crippen LogP contribution in [0.4, 0.5) is 5.69 Å². The first-order valence-electron chi connectivity index (χ1n) is 11.0. The number of anilines is 1. The van der Waals surface area contributed by atoms with Crippen molar-refractivity contribution < 1.29 is 24.2 Å². The van der Waals surface area contributed by atoms with Crippen molar-refractivity contribution in [1.82, 2.24) is 5.32 Å². The van der Waals surface area contributed by atoms with Crippen LogP contribution in [-0.2, 0) is 4.79 Å². The number of hydrogen-bond acceptors (Lipinski definition) is 7. The van der Waals surface area contributed by atoms with Gasteiger partial charge in [-0.15, -0.1) is 0 Å². The van der Waals surface area contributed by atoms with Crippen LogP contribution in [0.2, 0.25) is 0 Å². The maximum atomic E-state index is 12.8. The van der Waals surface area contributed by atoms with Crippen molar-refractivity contribution in [2.75, 3.05) is 32.1 Å². The summed E-state index contributed by atoms with van der Waals surface area (Å²) in [6.07, 6.45) is 0.669. The number of carbonyl (C=O) groups is 1. The van der Waals surface area contributed by atoms with E-state index in [1.807, 2.05) is 37.4 Å². The number of aromatic hydroxyl groups is 2. The second kappa shape index (κ2) is 11.3. The van der Waals surface area contributed by atoms with Gasteiger partial charge in [-0.2, -0.15) is 0 Å². The third-order valence-corrected chi connectivity index (χ3v) is 5.57. The number of nitrogens with one attached hydrogen (secondary N) is 1. The first-order valence-corrected chi connectivity index (χ1v) is 11.0. The molecule has 8 heteroatoms. The average Bonchev–Trinajstić information content (AvgIpc) is 2.83. The molecular weight excluding hydrogens is 436 g/mol. The predicted molar refractivity (Wildman–Crippen MR) is 130 cm³/mol. The summed E-state index contributed by atoms with van der Waals surface area (Å²) < 4.78 is 10.9. The van der Waals surface area contributed by atoms with E-state index in [-0.39, 0.29) is 29.6 Å². The van der Waals surface area contributed by atoms with Gasteiger partial charge < -0.3 is 29.6 Å². The molecule has 180 valence electrons. The molecule has 1 heterocycles. The number of benzene rings is 2. The fourth-order valence-corrected chi connectivity index (χ4v) is 3.75. The molecule has 0 unspecified atom stereocenters. The second-order valence-electron chi connectivity index (χ2n) is 8.08. The predicted octanol–water partition coefficient (Wildman–Crippen LogP) is 3.53. The highest BCUT2D eigenvalue weighted by molar-refractivity contribution is 5.77. The van der Waals surface area contributed by atoms with E-state index >= 15 is 0 Å². The van der Waals surface area contributed by atoms with Crippen LogP contribution in [0.15, 0.2) is 63.8 Å². The van der Waals surface area contributed by atoms with Crippen molar-refractivity contribution >= 4 is 11.6 Å². The van der Waals surface area contributed by atoms with Crippen molar-refractivity contribution in [3.05, 3.63) is 81.9 Å². The highest BCUT2D eigenvalue weighted by atomic mass is 16.5. The van der Waals surface area contributed by atoms with E-state index in [0.717, 1.165) is 18.7 Å². The molecule has 1 aromatic heterocycles. The number of nitrogens with zero attached hydrogens (tertiary/aromatic N) is 1. The minimum Gasteiger partial charge on any atom is -0.504 e. The molecule has 0 aliphatic heterocycles. The van der Waals surface area contributed by atoms with E-state index in [1.165, 1.54) is 19.2 Å². The van der Waals surface area contributed by atoms with Gasteiger partial charge in [0.15, 0.2) is 17.3 Å². The normalized spacial score (nSPS) is 11.6. The van der Waals surface area contributed by atoms with Crippen LogP contribution in [0.5, 0.6) is 17.2 Å². The van der Waals surface area contributed by atoms with Gasteiger partial charge in [0, 0.05) is 38.3 Å². The Bertz CT molecular complexity index is 1180. The van der Waals surface area contributed by atoms with Crippen LogP contribution in [-0.4, -0.2) is 43.4 Å². The Hall–Kier alpha value is -3.94. The van der Waals surface area contributed by atoms with Gasteiger partial charge in [0.2, 0.25) is 17.1 Å². The molecule has 0 aliphatic carbocycles. The Morgan fingerprint density at radius 1 is 1.15 bits per heavy atom. The number of para-hydroxylation sites is 1. The van der Waals surface area contributed by atoms with Gasteiger partial charge >= 0.3 is 0 Å². The molecule has 34 heavy (non-hydrogen) atoms. The number of hydrogen-bond donors (Lipinski definition) is 3. The van der Waals surface area contributed by atoms with Gasteiger partial charge in [-0.25, -0.2) is 0 Å². The van der Waals surface area contributed by atoms with E-state index in [0.29, 0.717) is 17.9 Å². The molecule has 0 aliphatic rings. The van der Waals surface area contributed by atoms with Gasteiger partial charge in [0.25, 0.3) is 0 Å². The third kappa shape index (κ3) is 6.10. The molecule has 0 radical (unpaired) electrons. The summed E-state index contributed by atoms with van der Waals surface area (Å²) in [5.41, 5.74) is 1.07. The summed E-state index contributed by atoms with van der Waals surface area (Å²) >= 11 is 0. The fraction of sp³-hybridized carbons (Fsp3) is 0.308. The number of methoxy groups -OCH3 is 1. The SMILES string of the molecule is COc1cc([C@H](CC(=O)NCCCN(C)c2ccccc2)c2oc(C)cc(=O)c2O)ccc1O. The lowest BCUT2D eigenvalue weighted by molar-refractivity contribution is -0.121. The van der Waals surface area contributed by atoms with E-state index in [4.69, 9.17) is 9.15 Å². The Balaban J connectivity index is 1.73. The lowest BCUT2D eigenvalue weighted by atomic mass is 9.91. The maximum Gasteiger partial charge on any atom is 0.227 e. The number of rotatable bonds is 10. The summed E-state index contributed by atoms with van der Waals surface area (Å²) in [5.74, 6) is -1.10. The van der Waals surface area contributed by atoms with Crippen LogP contribution >= 0.6 is 0 Å². The van der Waals surface area contributed by atoms with Crippen molar-refractivity contribution in [2.24, 2.45) is 0 Å². The van der Waals surface area contributed by atoms with Gasteiger partial charge in [0.1, 0.15) is 5.76 Å². The molecule has 2 aromatic carbocycles. The molecule has 3 rings (SSSR count). The molecule has 0 spiro atoms. The Morgan fingerprint density at radius 2 is 1.88 bits per heavy atom. The topological polar surface area (TPSA) is 112 Å². The van der Waals surface area contributed by atoms with Crippen LogP contribution in [0.25, 0.3) is 0 Å². The molecule has 1 amide bonds. The zero-order valence-electron chi connectivity index (χ0n) is 19.6. The molecular formula is C26H30N2O6. The summed E-state index contributed by atoms with van der Waals surface area (Å²) in [6.45, 7) is 2.82. The second-order valence-corrected chi connectivity index (χ2v) is 8.08. The highest BCUT2D eigenvalue weighted by Gasteiger charge is 2.26. The molecule has 0 bridgehead atoms. The number of amides is 1. The number of carbonyl (C=O) groups excluding carboxylic acids is 1. The summed E-state index contributed by atoms with van der Waals surface area (Å²) in [4.78, 5) is 27.1. The maximum absolute atomic E-state index is 12.8. The average molecular weight is 467 g/mol. The molecule has 0 saturated carbocycles. The Labute approximate surface area is 198 Å². The number of phenolic OH excluding ortho intramolecular Hbond substituents is 1. The Morgan fingerprint density at radius 3 is 2.59 bits per heavy atom. The van der Waals surface area contributed by atoms with Gasteiger partial charge in [-0.3, -0.25) is 9.59 Å². The van der Waals surface area contributed by atoms with Crippen molar-refractivity contribution in [2.45, 2.75) is 25.7 Å². The smallest absolute Gasteiger partial charge is 0.227 e. The van der Waals surface area contributed by atoms with Crippen molar-refractivity contribution in [1.29, 1.82) is 0 Å². The molecule has 3 N–H and O–H groups in total. The van der Waals surface area contributed by atoms with E-state index in [1.54, 1.807) is 19.1 Å². The van der Waals surface area contributed by atoms with Crippen LogP contribution in [0.3, 0.4) is 0 Å². The van der Waals surface area contributed by atoms with Gasteiger partial charge in [0.05, 0.1) is 13.0 Å². The lowest BCUT2D eigenvalue weighted by Gasteiger charge is -2.20. The molecule has 0 saturated heterocycles. The number of aryl methyl sites for hydroxylation is 1. The molecule has 1 atom stereocenters. The standard InChI is InChI=1S/C26H30N2O6/c1-17-14-22(30)25(32)26(34-17)20(18-10-11-21(29)23(15-18)33-3)16-24(31)27-12-7-13-28(2)19-8-5-4-6-9-19/h4-6,8-11,14-15,20,29,32H,7,12-13,16H2,1-3H3,(H,27,31)/t20-/m0/s1. The van der Waals surface area contributed by atoms with Gasteiger partial charge in [-0.05, 0) is 43.2 Å². The van der Waals surface area contributed by atoms with Crippen molar-refractivity contribution in [3.63, 3.8) is 0 Å². The monoisotopic (exact) mass is 466 g/mol. The first kappa shape index (κ1) is 24.7. The molecule has 8 nitrogen and oxygen atoms in total. The minimum absolute atomic E-state index is 0.00305. The highest BCUT2D eigenvalue weighted by Crippen LogP contribution is 2.37. The number of phenols is 1. The molecule has 0 fully saturated rings. The van der Waals surface area contributed by atoms with Gasteiger partial charge in [-0.1, -0.05) is 24.3 Å². The summed E-state index contributed by atoms with van der Waals surface area (Å²) in [6, 6.07) is 15.8. The third-order valence-electron chi connectivity index (χ3n) is 5.57. The largest absolute Gasteiger partial charge is 0.504 e. The van der Waals surface area contributed by atoms with E-state index in [2.05, 4.69) is 10.2 Å². The quantitative estimate of drug-likeness (QED) is 0.392. The van der Waals surface area contributed by atoms with E-state index < -0.39 is 17.1 Å². The Kier molecular flexibility index (Phi) is 8.19.